The van der Waals surface area contributed by atoms with Gasteiger partial charge in [0.1, 0.15) is 4.90 Å². The molecule has 0 aliphatic carbocycles. The number of rotatable bonds is 4. The highest BCUT2D eigenvalue weighted by atomic mass is 32.2. The summed E-state index contributed by atoms with van der Waals surface area (Å²) in [6.07, 6.45) is 1.32. The Morgan fingerprint density at radius 1 is 1.37 bits per heavy atom. The third kappa shape index (κ3) is 2.88. The van der Waals surface area contributed by atoms with Crippen LogP contribution in [0.25, 0.3) is 0 Å². The van der Waals surface area contributed by atoms with Gasteiger partial charge in [0.15, 0.2) is 17.4 Å². The number of benzene rings is 1. The van der Waals surface area contributed by atoms with Crippen LogP contribution in [0.4, 0.5) is 14.5 Å². The Labute approximate surface area is 107 Å². The minimum Gasteiger partial charge on any atom is -0.399 e. The van der Waals surface area contributed by atoms with Gasteiger partial charge in [-0.25, -0.2) is 21.9 Å². The Balaban J connectivity index is 2.29. The molecular weight excluding hydrogens is 280 g/mol. The van der Waals surface area contributed by atoms with E-state index in [0.717, 1.165) is 6.07 Å². The number of hydrogen-bond acceptors (Lipinski definition) is 5. The van der Waals surface area contributed by atoms with E-state index in [0.29, 0.717) is 6.07 Å². The molecule has 0 atom stereocenters. The van der Waals surface area contributed by atoms with Crippen molar-refractivity contribution in [2.24, 2.45) is 0 Å². The van der Waals surface area contributed by atoms with Crippen LogP contribution in [-0.2, 0) is 16.6 Å². The maximum atomic E-state index is 13.5. The summed E-state index contributed by atoms with van der Waals surface area (Å²) >= 11 is 0. The van der Waals surface area contributed by atoms with Gasteiger partial charge in [-0.1, -0.05) is 5.16 Å². The van der Waals surface area contributed by atoms with Crippen LogP contribution in [0, 0.1) is 11.6 Å². The van der Waals surface area contributed by atoms with Crippen molar-refractivity contribution in [2.45, 2.75) is 11.4 Å². The molecule has 6 nitrogen and oxygen atoms in total. The normalized spacial score (nSPS) is 11.7. The topological polar surface area (TPSA) is 98.2 Å². The van der Waals surface area contributed by atoms with E-state index in [-0.39, 0.29) is 18.0 Å². The Morgan fingerprint density at radius 3 is 2.74 bits per heavy atom. The highest BCUT2D eigenvalue weighted by molar-refractivity contribution is 7.89. The van der Waals surface area contributed by atoms with Crippen LogP contribution in [0.3, 0.4) is 0 Å². The first-order valence-electron chi connectivity index (χ1n) is 5.04. The van der Waals surface area contributed by atoms with Gasteiger partial charge in [0.2, 0.25) is 10.0 Å². The van der Waals surface area contributed by atoms with Gasteiger partial charge in [-0.3, -0.25) is 0 Å². The van der Waals surface area contributed by atoms with Gasteiger partial charge in [0.05, 0.1) is 12.7 Å². The molecule has 102 valence electrons. The zero-order valence-electron chi connectivity index (χ0n) is 9.43. The minimum atomic E-state index is -4.24. The molecule has 0 fully saturated rings. The van der Waals surface area contributed by atoms with Crippen LogP contribution in [0.1, 0.15) is 5.76 Å². The summed E-state index contributed by atoms with van der Waals surface area (Å²) in [5.74, 6) is -2.59. The highest BCUT2D eigenvalue weighted by Gasteiger charge is 2.22. The van der Waals surface area contributed by atoms with Crippen LogP contribution in [-0.4, -0.2) is 13.6 Å². The van der Waals surface area contributed by atoms with Crippen LogP contribution < -0.4 is 10.5 Å². The molecule has 2 aromatic rings. The van der Waals surface area contributed by atoms with Crippen molar-refractivity contribution in [3.8, 4) is 0 Å². The van der Waals surface area contributed by atoms with E-state index in [9.17, 15) is 17.2 Å². The average molecular weight is 289 g/mol. The Hall–Kier alpha value is -2.00. The molecule has 19 heavy (non-hydrogen) atoms. The Kier molecular flexibility index (Phi) is 3.49. The number of nitrogens with two attached hydrogens (primary N) is 1. The molecule has 1 heterocycles. The number of nitrogens with one attached hydrogen (secondary N) is 1. The number of aromatic nitrogens is 1. The second kappa shape index (κ2) is 4.94. The molecule has 0 bridgehead atoms. The monoisotopic (exact) mass is 289 g/mol. The van der Waals surface area contributed by atoms with E-state index in [1.807, 2.05) is 4.72 Å². The number of hydrogen-bond donors (Lipinski definition) is 2. The fourth-order valence-electron chi connectivity index (χ4n) is 1.36. The van der Waals surface area contributed by atoms with Crippen molar-refractivity contribution in [1.29, 1.82) is 0 Å². The molecule has 1 aromatic carbocycles. The summed E-state index contributed by atoms with van der Waals surface area (Å²) < 4.78 is 56.9. The van der Waals surface area contributed by atoms with Gasteiger partial charge in [-0.05, 0) is 12.1 Å². The first-order chi connectivity index (χ1) is 8.90. The summed E-state index contributed by atoms with van der Waals surface area (Å²) in [6, 6.07) is 2.96. The predicted octanol–water partition coefficient (Wildman–Crippen LogP) is 1.01. The van der Waals surface area contributed by atoms with E-state index in [1.165, 1.54) is 12.3 Å². The zero-order chi connectivity index (χ0) is 14.0. The number of anilines is 1. The fraction of sp³-hybridized carbons (Fsp3) is 0.100. The van der Waals surface area contributed by atoms with Crippen molar-refractivity contribution in [3.05, 3.63) is 41.8 Å². The van der Waals surface area contributed by atoms with Gasteiger partial charge >= 0.3 is 0 Å². The lowest BCUT2D eigenvalue weighted by molar-refractivity contribution is 0.380. The molecule has 0 saturated carbocycles. The van der Waals surface area contributed by atoms with Gasteiger partial charge in [0.25, 0.3) is 0 Å². The molecular formula is C10H9F2N3O3S. The predicted molar refractivity (Wildman–Crippen MR) is 61.3 cm³/mol. The van der Waals surface area contributed by atoms with Gasteiger partial charge in [0, 0.05) is 11.8 Å². The van der Waals surface area contributed by atoms with Gasteiger partial charge < -0.3 is 10.3 Å². The first kappa shape index (κ1) is 13.4. The number of sulfonamides is 1. The SMILES string of the molecule is Nc1cc(F)c(F)c(S(=O)(=O)NCc2ccno2)c1. The van der Waals surface area contributed by atoms with E-state index in [1.54, 1.807) is 0 Å². The molecule has 0 radical (unpaired) electrons. The summed E-state index contributed by atoms with van der Waals surface area (Å²) in [7, 11) is -4.24. The van der Waals surface area contributed by atoms with E-state index in [2.05, 4.69) is 9.68 Å². The second-order valence-corrected chi connectivity index (χ2v) is 5.35. The molecule has 0 amide bonds. The summed E-state index contributed by atoms with van der Waals surface area (Å²) in [6.45, 7) is -0.238. The average Bonchev–Trinajstić information content (AvgIpc) is 2.84. The lowest BCUT2D eigenvalue weighted by Crippen LogP contribution is -2.24. The van der Waals surface area contributed by atoms with Crippen molar-refractivity contribution < 1.29 is 21.7 Å². The molecule has 9 heteroatoms. The molecule has 0 spiro atoms. The van der Waals surface area contributed by atoms with Crippen molar-refractivity contribution in [2.75, 3.05) is 5.73 Å². The van der Waals surface area contributed by atoms with Crippen molar-refractivity contribution >= 4 is 15.7 Å². The smallest absolute Gasteiger partial charge is 0.244 e. The molecule has 2 rings (SSSR count). The van der Waals surface area contributed by atoms with Crippen molar-refractivity contribution in [3.63, 3.8) is 0 Å². The fourth-order valence-corrected chi connectivity index (χ4v) is 2.47. The van der Waals surface area contributed by atoms with Crippen molar-refractivity contribution in [1.82, 2.24) is 9.88 Å². The first-order valence-corrected chi connectivity index (χ1v) is 6.52. The summed E-state index contributed by atoms with van der Waals surface area (Å²) in [4.78, 5) is -0.857. The molecule has 0 aliphatic rings. The summed E-state index contributed by atoms with van der Waals surface area (Å²) in [5.41, 5.74) is 5.09. The maximum absolute atomic E-state index is 13.5. The highest BCUT2D eigenvalue weighted by Crippen LogP contribution is 2.21. The quantitative estimate of drug-likeness (QED) is 0.819. The third-order valence-corrected chi connectivity index (χ3v) is 3.63. The molecule has 3 N–H and O–H groups in total. The third-order valence-electron chi connectivity index (χ3n) is 2.23. The molecule has 1 aromatic heterocycles. The second-order valence-electron chi connectivity index (χ2n) is 3.62. The van der Waals surface area contributed by atoms with Gasteiger partial charge in [-0.15, -0.1) is 0 Å². The van der Waals surface area contributed by atoms with Crippen LogP contribution in [0.5, 0.6) is 0 Å². The Bertz CT molecular complexity index is 686. The lowest BCUT2D eigenvalue weighted by Gasteiger charge is -2.07. The van der Waals surface area contributed by atoms with Crippen LogP contribution >= 0.6 is 0 Å². The minimum absolute atomic E-state index is 0.195. The standard InChI is InChI=1S/C10H9F2N3O3S/c11-8-3-6(13)4-9(10(8)12)19(16,17)15-5-7-1-2-14-18-7/h1-4,15H,5,13H2. The van der Waals surface area contributed by atoms with E-state index >= 15 is 0 Å². The van der Waals surface area contributed by atoms with Gasteiger partial charge in [-0.2, -0.15) is 0 Å². The van der Waals surface area contributed by atoms with Crippen LogP contribution in [0.15, 0.2) is 33.8 Å². The van der Waals surface area contributed by atoms with E-state index < -0.39 is 26.6 Å². The lowest BCUT2D eigenvalue weighted by atomic mass is 10.3. The number of nitrogens with zero attached hydrogens (tertiary/aromatic N) is 1. The zero-order valence-corrected chi connectivity index (χ0v) is 10.2. The number of nitrogen functional groups attached to an aromatic ring is 1. The summed E-state index contributed by atoms with van der Waals surface area (Å²) in [5, 5.41) is 3.38. The molecule has 0 aliphatic heterocycles. The number of halogens is 2. The molecule has 0 unspecified atom stereocenters. The maximum Gasteiger partial charge on any atom is 0.244 e. The van der Waals surface area contributed by atoms with Crippen LogP contribution in [0.2, 0.25) is 0 Å². The largest absolute Gasteiger partial charge is 0.399 e. The van der Waals surface area contributed by atoms with E-state index in [4.69, 9.17) is 5.73 Å². The molecule has 0 saturated heterocycles. The Morgan fingerprint density at radius 2 is 2.11 bits per heavy atom.